The molecule has 132 valence electrons. The maximum Gasteiger partial charge on any atom is 0.416 e. The predicted octanol–water partition coefficient (Wildman–Crippen LogP) is 3.01. The summed E-state index contributed by atoms with van der Waals surface area (Å²) in [5.74, 6) is -0.407. The number of aromatic amines is 1. The zero-order valence-electron chi connectivity index (χ0n) is 12.9. The van der Waals surface area contributed by atoms with E-state index in [0.717, 1.165) is 48.9 Å². The summed E-state index contributed by atoms with van der Waals surface area (Å²) in [5.41, 5.74) is 0.801. The van der Waals surface area contributed by atoms with Gasteiger partial charge in [0.2, 0.25) is 5.91 Å². The van der Waals surface area contributed by atoms with Crippen molar-refractivity contribution in [1.82, 2.24) is 9.97 Å². The van der Waals surface area contributed by atoms with Crippen LogP contribution < -0.4 is 10.9 Å². The van der Waals surface area contributed by atoms with Gasteiger partial charge in [-0.15, -0.1) is 0 Å². The van der Waals surface area contributed by atoms with Crippen LogP contribution in [0.25, 0.3) is 0 Å². The Balaban J connectivity index is 1.58. The van der Waals surface area contributed by atoms with E-state index in [2.05, 4.69) is 15.3 Å². The Labute approximate surface area is 145 Å². The minimum Gasteiger partial charge on any atom is -0.325 e. The Bertz CT molecular complexity index is 847. The van der Waals surface area contributed by atoms with Gasteiger partial charge < -0.3 is 10.3 Å². The van der Waals surface area contributed by atoms with E-state index in [1.807, 2.05) is 0 Å². The second kappa shape index (κ2) is 6.91. The number of hydrogen-bond donors (Lipinski definition) is 2. The topological polar surface area (TPSA) is 74.8 Å². The first-order chi connectivity index (χ1) is 11.8. The number of nitrogens with one attached hydrogen (secondary N) is 2. The molecule has 1 heterocycles. The summed E-state index contributed by atoms with van der Waals surface area (Å²) >= 11 is 1.08. The minimum atomic E-state index is -4.41. The van der Waals surface area contributed by atoms with Gasteiger partial charge in [0, 0.05) is 11.3 Å². The van der Waals surface area contributed by atoms with Gasteiger partial charge in [-0.25, -0.2) is 4.98 Å². The monoisotopic (exact) mass is 369 g/mol. The molecule has 1 aromatic carbocycles. The molecule has 0 atom stereocenters. The lowest BCUT2D eigenvalue weighted by molar-refractivity contribution is -0.137. The molecule has 1 aliphatic carbocycles. The number of carbonyl (C=O) groups excluding carboxylic acids is 1. The molecule has 0 fully saturated rings. The molecule has 1 amide bonds. The van der Waals surface area contributed by atoms with Crippen molar-refractivity contribution >= 4 is 23.4 Å². The van der Waals surface area contributed by atoms with Crippen molar-refractivity contribution in [3.05, 3.63) is 51.4 Å². The molecule has 2 N–H and O–H groups in total. The molecule has 0 spiro atoms. The van der Waals surface area contributed by atoms with Gasteiger partial charge in [-0.2, -0.15) is 13.2 Å². The van der Waals surface area contributed by atoms with Crippen molar-refractivity contribution in [2.24, 2.45) is 0 Å². The molecule has 5 nitrogen and oxygen atoms in total. The number of aryl methyl sites for hydroxylation is 1. The van der Waals surface area contributed by atoms with Crippen LogP contribution in [0, 0.1) is 0 Å². The number of anilines is 1. The first kappa shape index (κ1) is 17.5. The molecule has 1 aliphatic rings. The van der Waals surface area contributed by atoms with E-state index in [1.165, 1.54) is 12.1 Å². The standard InChI is InChI=1S/C16H14F3N3O2S/c17-16(18,19)9-4-6-10(7-5-9)20-13(23)8-25-15-21-12-3-1-2-11(12)14(24)22-15/h4-7H,1-3,8H2,(H,20,23)(H,21,22,24). The zero-order valence-corrected chi connectivity index (χ0v) is 13.8. The average molecular weight is 369 g/mol. The molecular weight excluding hydrogens is 355 g/mol. The van der Waals surface area contributed by atoms with E-state index < -0.39 is 17.6 Å². The number of carbonyl (C=O) groups is 1. The van der Waals surface area contributed by atoms with Crippen LogP contribution in [0.4, 0.5) is 18.9 Å². The third-order valence-electron chi connectivity index (χ3n) is 3.76. The third-order valence-corrected chi connectivity index (χ3v) is 4.63. The van der Waals surface area contributed by atoms with Gasteiger partial charge in [0.05, 0.1) is 17.0 Å². The van der Waals surface area contributed by atoms with Gasteiger partial charge in [0.25, 0.3) is 5.56 Å². The molecule has 0 aliphatic heterocycles. The van der Waals surface area contributed by atoms with Gasteiger partial charge in [-0.3, -0.25) is 9.59 Å². The smallest absolute Gasteiger partial charge is 0.325 e. The number of alkyl halides is 3. The Morgan fingerprint density at radius 3 is 2.64 bits per heavy atom. The number of hydrogen-bond acceptors (Lipinski definition) is 4. The van der Waals surface area contributed by atoms with E-state index in [4.69, 9.17) is 0 Å². The van der Waals surface area contributed by atoms with Crippen LogP contribution in [-0.4, -0.2) is 21.6 Å². The highest BCUT2D eigenvalue weighted by Gasteiger charge is 2.30. The van der Waals surface area contributed by atoms with E-state index in [1.54, 1.807) is 0 Å². The van der Waals surface area contributed by atoms with Crippen LogP contribution >= 0.6 is 11.8 Å². The molecule has 3 rings (SSSR count). The van der Waals surface area contributed by atoms with Crippen LogP contribution in [0.15, 0.2) is 34.2 Å². The Morgan fingerprint density at radius 2 is 1.96 bits per heavy atom. The Hall–Kier alpha value is -2.29. The SMILES string of the molecule is O=C(CSc1nc2c(c(=O)[nH]1)CCC2)Nc1ccc(C(F)(F)F)cc1. The van der Waals surface area contributed by atoms with Gasteiger partial charge in [0.1, 0.15) is 0 Å². The van der Waals surface area contributed by atoms with Crippen molar-refractivity contribution in [2.75, 3.05) is 11.1 Å². The first-order valence-electron chi connectivity index (χ1n) is 7.55. The molecule has 1 aromatic heterocycles. The normalized spacial score (nSPS) is 13.6. The summed E-state index contributed by atoms with van der Waals surface area (Å²) in [6.07, 6.45) is -2.04. The second-order valence-corrected chi connectivity index (χ2v) is 6.53. The third kappa shape index (κ3) is 4.22. The van der Waals surface area contributed by atoms with E-state index >= 15 is 0 Å². The Morgan fingerprint density at radius 1 is 1.24 bits per heavy atom. The van der Waals surface area contributed by atoms with Crippen molar-refractivity contribution in [2.45, 2.75) is 30.6 Å². The average Bonchev–Trinajstić information content (AvgIpc) is 3.02. The van der Waals surface area contributed by atoms with Crippen molar-refractivity contribution in [3.8, 4) is 0 Å². The predicted molar refractivity (Wildman–Crippen MR) is 87.7 cm³/mol. The molecular formula is C16H14F3N3O2S. The number of H-pyrrole nitrogens is 1. The van der Waals surface area contributed by atoms with E-state index in [-0.39, 0.29) is 17.0 Å². The molecule has 0 saturated carbocycles. The van der Waals surface area contributed by atoms with Crippen molar-refractivity contribution in [3.63, 3.8) is 0 Å². The number of amides is 1. The lowest BCUT2D eigenvalue weighted by Crippen LogP contribution is -2.17. The van der Waals surface area contributed by atoms with Crippen LogP contribution in [0.5, 0.6) is 0 Å². The van der Waals surface area contributed by atoms with Crippen LogP contribution in [-0.2, 0) is 23.8 Å². The molecule has 2 aromatic rings. The fraction of sp³-hybridized carbons (Fsp3) is 0.312. The highest BCUT2D eigenvalue weighted by molar-refractivity contribution is 7.99. The number of nitrogens with zero attached hydrogens (tertiary/aromatic N) is 1. The summed E-state index contributed by atoms with van der Waals surface area (Å²) in [6.45, 7) is 0. The summed E-state index contributed by atoms with van der Waals surface area (Å²) in [5, 5.41) is 2.88. The number of thioether (sulfide) groups is 1. The van der Waals surface area contributed by atoms with E-state index in [0.29, 0.717) is 10.7 Å². The maximum atomic E-state index is 12.5. The number of halogens is 3. The van der Waals surface area contributed by atoms with Gasteiger partial charge in [-0.05, 0) is 43.5 Å². The lowest BCUT2D eigenvalue weighted by Gasteiger charge is -2.09. The second-order valence-electron chi connectivity index (χ2n) is 5.56. The Kier molecular flexibility index (Phi) is 4.85. The van der Waals surface area contributed by atoms with E-state index in [9.17, 15) is 22.8 Å². The molecule has 9 heteroatoms. The summed E-state index contributed by atoms with van der Waals surface area (Å²) in [6, 6.07) is 4.20. The lowest BCUT2D eigenvalue weighted by atomic mass is 10.2. The number of fused-ring (bicyclic) bond motifs is 1. The van der Waals surface area contributed by atoms with Crippen LogP contribution in [0.2, 0.25) is 0 Å². The van der Waals surface area contributed by atoms with Gasteiger partial charge >= 0.3 is 6.18 Å². The largest absolute Gasteiger partial charge is 0.416 e. The molecule has 0 bridgehead atoms. The maximum absolute atomic E-state index is 12.5. The van der Waals surface area contributed by atoms with Gasteiger partial charge in [0.15, 0.2) is 5.16 Å². The zero-order chi connectivity index (χ0) is 18.0. The highest BCUT2D eigenvalue weighted by Crippen LogP contribution is 2.29. The highest BCUT2D eigenvalue weighted by atomic mass is 32.2. The number of rotatable bonds is 4. The first-order valence-corrected chi connectivity index (χ1v) is 8.53. The molecule has 0 unspecified atom stereocenters. The summed E-state index contributed by atoms with van der Waals surface area (Å²) < 4.78 is 37.5. The number of aromatic nitrogens is 2. The van der Waals surface area contributed by atoms with Crippen molar-refractivity contribution < 1.29 is 18.0 Å². The van der Waals surface area contributed by atoms with Crippen molar-refractivity contribution in [1.29, 1.82) is 0 Å². The minimum absolute atomic E-state index is 0.0112. The number of benzene rings is 1. The molecule has 25 heavy (non-hydrogen) atoms. The van der Waals surface area contributed by atoms with Crippen LogP contribution in [0.3, 0.4) is 0 Å². The molecule has 0 radical (unpaired) electrons. The summed E-state index contributed by atoms with van der Waals surface area (Å²) in [7, 11) is 0. The fourth-order valence-electron chi connectivity index (χ4n) is 2.56. The van der Waals surface area contributed by atoms with Gasteiger partial charge in [-0.1, -0.05) is 11.8 Å². The summed E-state index contributed by atoms with van der Waals surface area (Å²) in [4.78, 5) is 30.8. The fourth-order valence-corrected chi connectivity index (χ4v) is 3.24. The van der Waals surface area contributed by atoms with Crippen LogP contribution in [0.1, 0.15) is 23.2 Å². The molecule has 0 saturated heterocycles. The quantitative estimate of drug-likeness (QED) is 0.642.